The van der Waals surface area contributed by atoms with Crippen molar-refractivity contribution in [1.82, 2.24) is 14.5 Å². The van der Waals surface area contributed by atoms with Crippen LogP contribution < -0.4 is 0 Å². The molecule has 1 aliphatic rings. The van der Waals surface area contributed by atoms with Gasteiger partial charge in [-0.3, -0.25) is 9.59 Å². The third-order valence-electron chi connectivity index (χ3n) is 6.04. The second-order valence-corrected chi connectivity index (χ2v) is 9.28. The van der Waals surface area contributed by atoms with Crippen molar-refractivity contribution >= 4 is 46.1 Å². The van der Waals surface area contributed by atoms with E-state index < -0.39 is 0 Å². The van der Waals surface area contributed by atoms with Crippen LogP contribution in [0.3, 0.4) is 0 Å². The van der Waals surface area contributed by atoms with Crippen molar-refractivity contribution in [2.24, 2.45) is 5.92 Å². The summed E-state index contributed by atoms with van der Waals surface area (Å²) in [5, 5.41) is 0.843. The van der Waals surface area contributed by atoms with Gasteiger partial charge in [0.2, 0.25) is 5.91 Å². The van der Waals surface area contributed by atoms with E-state index in [1.54, 1.807) is 24.0 Å². The molecule has 0 saturated carbocycles. The highest BCUT2D eigenvalue weighted by Crippen LogP contribution is 2.29. The smallest absolute Gasteiger partial charge is 0.310 e. The molecule has 0 radical (unpaired) electrons. The van der Waals surface area contributed by atoms with E-state index >= 15 is 0 Å². The molecule has 3 aromatic rings. The van der Waals surface area contributed by atoms with Gasteiger partial charge in [0, 0.05) is 19.5 Å². The number of imidazole rings is 1. The second kappa shape index (κ2) is 10.1. The minimum Gasteiger partial charge on any atom is -0.466 e. The third kappa shape index (κ3) is 5.33. The van der Waals surface area contributed by atoms with Gasteiger partial charge in [0.1, 0.15) is 12.4 Å². The Balaban J connectivity index is 1.62. The molecule has 1 saturated heterocycles. The van der Waals surface area contributed by atoms with Crippen molar-refractivity contribution in [3.8, 4) is 0 Å². The molecule has 6 nitrogen and oxygen atoms in total. The van der Waals surface area contributed by atoms with Crippen molar-refractivity contribution in [1.29, 1.82) is 0 Å². The molecule has 1 amide bonds. The first-order valence-electron chi connectivity index (χ1n) is 11.2. The average Bonchev–Trinajstić information content (AvgIpc) is 3.11. The van der Waals surface area contributed by atoms with Gasteiger partial charge < -0.3 is 14.2 Å². The summed E-state index contributed by atoms with van der Waals surface area (Å²) in [5.74, 6) is 0.200. The summed E-state index contributed by atoms with van der Waals surface area (Å²) in [5.41, 5.74) is 3.74. The van der Waals surface area contributed by atoms with E-state index in [0.29, 0.717) is 41.7 Å². The number of carbonyl (C=O) groups excluding carboxylic acids is 2. The van der Waals surface area contributed by atoms with Crippen LogP contribution >= 0.6 is 23.2 Å². The van der Waals surface area contributed by atoms with Crippen LogP contribution in [0.1, 0.15) is 36.7 Å². The maximum Gasteiger partial charge on any atom is 0.310 e. The number of esters is 1. The van der Waals surface area contributed by atoms with Crippen LogP contribution in [0, 0.1) is 12.8 Å². The molecule has 1 aromatic heterocycles. The molecular formula is C25H27Cl2N3O3. The molecule has 0 bridgehead atoms. The van der Waals surface area contributed by atoms with Crippen molar-refractivity contribution in [3.63, 3.8) is 0 Å². The SMILES string of the molecule is CCOC(=O)C1CCCN(C(=O)Cn2c(Cc3ccc(C)cc3)nc3cc(Cl)c(Cl)cc32)C1. The summed E-state index contributed by atoms with van der Waals surface area (Å²) in [6.07, 6.45) is 2.09. The predicted molar refractivity (Wildman–Crippen MR) is 130 cm³/mol. The van der Waals surface area contributed by atoms with Gasteiger partial charge >= 0.3 is 5.97 Å². The lowest BCUT2D eigenvalue weighted by Crippen LogP contribution is -2.44. The quantitative estimate of drug-likeness (QED) is 0.456. The highest BCUT2D eigenvalue weighted by atomic mass is 35.5. The molecular weight excluding hydrogens is 461 g/mol. The molecule has 4 rings (SSSR count). The predicted octanol–water partition coefficient (Wildman–Crippen LogP) is 5.04. The molecule has 8 heteroatoms. The van der Waals surface area contributed by atoms with Gasteiger partial charge in [-0.15, -0.1) is 0 Å². The van der Waals surface area contributed by atoms with Crippen LogP contribution in [-0.2, 0) is 27.3 Å². The summed E-state index contributed by atoms with van der Waals surface area (Å²) < 4.78 is 7.08. The standard InChI is InChI=1S/C25H27Cl2N3O3/c1-3-33-25(32)18-5-4-10-29(14-18)24(31)15-30-22-13-20(27)19(26)12-21(22)28-23(30)11-17-8-6-16(2)7-9-17/h6-9,12-13,18H,3-5,10-11,14-15H2,1-2H3. The van der Waals surface area contributed by atoms with E-state index in [1.165, 1.54) is 5.56 Å². The second-order valence-electron chi connectivity index (χ2n) is 8.46. The third-order valence-corrected chi connectivity index (χ3v) is 6.76. The number of hydrogen-bond donors (Lipinski definition) is 0. The zero-order valence-corrected chi connectivity index (χ0v) is 20.3. The normalized spacial score (nSPS) is 16.2. The number of amides is 1. The summed E-state index contributed by atoms with van der Waals surface area (Å²) in [6, 6.07) is 11.7. The Kier molecular flexibility index (Phi) is 7.25. The molecule has 0 aliphatic carbocycles. The Morgan fingerprint density at radius 2 is 1.88 bits per heavy atom. The van der Waals surface area contributed by atoms with Gasteiger partial charge in [-0.05, 0) is 44.4 Å². The number of aromatic nitrogens is 2. The number of nitrogens with zero attached hydrogens (tertiary/aromatic N) is 3. The summed E-state index contributed by atoms with van der Waals surface area (Å²) >= 11 is 12.5. The van der Waals surface area contributed by atoms with Gasteiger partial charge in [0.15, 0.2) is 0 Å². The Labute approximate surface area is 203 Å². The van der Waals surface area contributed by atoms with E-state index in [1.807, 2.05) is 11.5 Å². The van der Waals surface area contributed by atoms with Crippen molar-refractivity contribution in [2.45, 2.75) is 39.7 Å². The van der Waals surface area contributed by atoms with Gasteiger partial charge in [0.25, 0.3) is 0 Å². The monoisotopic (exact) mass is 487 g/mol. The Hall–Kier alpha value is -2.57. The van der Waals surface area contributed by atoms with Crippen LogP contribution in [0.2, 0.25) is 10.0 Å². The van der Waals surface area contributed by atoms with Gasteiger partial charge in [-0.1, -0.05) is 53.0 Å². The average molecular weight is 488 g/mol. The number of likely N-dealkylation sites (tertiary alicyclic amines) is 1. The van der Waals surface area contributed by atoms with E-state index in [-0.39, 0.29) is 24.3 Å². The lowest BCUT2D eigenvalue weighted by molar-refractivity contribution is -0.151. The van der Waals surface area contributed by atoms with Crippen LogP contribution in [-0.4, -0.2) is 46.0 Å². The lowest BCUT2D eigenvalue weighted by atomic mass is 9.98. The molecule has 0 spiro atoms. The van der Waals surface area contributed by atoms with Crippen molar-refractivity contribution < 1.29 is 14.3 Å². The number of halogens is 2. The van der Waals surface area contributed by atoms with Gasteiger partial charge in [0.05, 0.1) is 33.6 Å². The van der Waals surface area contributed by atoms with Crippen LogP contribution in [0.25, 0.3) is 11.0 Å². The fourth-order valence-electron chi connectivity index (χ4n) is 4.26. The number of rotatable bonds is 6. The maximum absolute atomic E-state index is 13.3. The molecule has 174 valence electrons. The number of aryl methyl sites for hydroxylation is 1. The Morgan fingerprint density at radius 1 is 1.15 bits per heavy atom. The van der Waals surface area contributed by atoms with E-state index in [9.17, 15) is 9.59 Å². The highest BCUT2D eigenvalue weighted by molar-refractivity contribution is 6.42. The summed E-state index contributed by atoms with van der Waals surface area (Å²) in [6.45, 7) is 5.30. The zero-order chi connectivity index (χ0) is 23.5. The minimum absolute atomic E-state index is 0.0560. The van der Waals surface area contributed by atoms with E-state index in [2.05, 4.69) is 24.3 Å². The molecule has 1 aliphatic heterocycles. The van der Waals surface area contributed by atoms with E-state index in [4.69, 9.17) is 32.9 Å². The van der Waals surface area contributed by atoms with E-state index in [0.717, 1.165) is 29.7 Å². The highest BCUT2D eigenvalue weighted by Gasteiger charge is 2.30. The molecule has 1 atom stereocenters. The molecule has 33 heavy (non-hydrogen) atoms. The van der Waals surface area contributed by atoms with Crippen LogP contribution in [0.15, 0.2) is 36.4 Å². The Morgan fingerprint density at radius 3 is 2.61 bits per heavy atom. The van der Waals surface area contributed by atoms with Gasteiger partial charge in [-0.2, -0.15) is 0 Å². The summed E-state index contributed by atoms with van der Waals surface area (Å²) in [7, 11) is 0. The number of ether oxygens (including phenoxy) is 1. The minimum atomic E-state index is -0.275. The van der Waals surface area contributed by atoms with Crippen LogP contribution in [0.4, 0.5) is 0 Å². The largest absolute Gasteiger partial charge is 0.466 e. The fraction of sp³-hybridized carbons (Fsp3) is 0.400. The van der Waals surface area contributed by atoms with Crippen LogP contribution in [0.5, 0.6) is 0 Å². The Bertz CT molecular complexity index is 1170. The van der Waals surface area contributed by atoms with Gasteiger partial charge in [-0.25, -0.2) is 4.98 Å². The fourth-order valence-corrected chi connectivity index (χ4v) is 4.58. The first-order chi connectivity index (χ1) is 15.9. The molecule has 2 aromatic carbocycles. The maximum atomic E-state index is 13.3. The first kappa shape index (κ1) is 23.6. The number of hydrogen-bond acceptors (Lipinski definition) is 4. The molecule has 2 heterocycles. The molecule has 1 fully saturated rings. The number of piperidine rings is 1. The number of fused-ring (bicyclic) bond motifs is 1. The number of carbonyl (C=O) groups is 2. The molecule has 0 N–H and O–H groups in total. The van der Waals surface area contributed by atoms with Crippen molar-refractivity contribution in [3.05, 3.63) is 63.4 Å². The molecule has 1 unspecified atom stereocenters. The zero-order valence-electron chi connectivity index (χ0n) is 18.8. The number of benzene rings is 2. The first-order valence-corrected chi connectivity index (χ1v) is 12.0. The van der Waals surface area contributed by atoms with Crippen molar-refractivity contribution in [2.75, 3.05) is 19.7 Å². The topological polar surface area (TPSA) is 64.4 Å². The lowest BCUT2D eigenvalue weighted by Gasteiger charge is -2.31. The summed E-state index contributed by atoms with van der Waals surface area (Å²) in [4.78, 5) is 32.0.